The zero-order valence-corrected chi connectivity index (χ0v) is 11.6. The van der Waals surface area contributed by atoms with Gasteiger partial charge in [-0.2, -0.15) is 0 Å². The molecule has 0 aliphatic carbocycles. The highest BCUT2D eigenvalue weighted by Gasteiger charge is 2.03. The third-order valence-corrected chi connectivity index (χ3v) is 2.94. The van der Waals surface area contributed by atoms with Crippen molar-refractivity contribution in [2.24, 2.45) is 0 Å². The second-order valence-electron chi connectivity index (χ2n) is 4.15. The van der Waals surface area contributed by atoms with Gasteiger partial charge in [0.15, 0.2) is 5.78 Å². The second kappa shape index (κ2) is 6.67. The molecule has 0 aliphatic rings. The number of carbonyl (C=O) groups excluding carboxylic acids is 1. The van der Waals surface area contributed by atoms with Gasteiger partial charge in [0.05, 0.1) is 4.92 Å². The number of hydrogen-bond donors (Lipinski definition) is 1. The summed E-state index contributed by atoms with van der Waals surface area (Å²) in [7, 11) is 0. The number of benzene rings is 2. The molecular weight excluding hydrogens is 292 g/mol. The van der Waals surface area contributed by atoms with Crippen LogP contribution >= 0.6 is 11.6 Å². The number of nitro benzene ring substituents is 1. The van der Waals surface area contributed by atoms with Crippen LogP contribution in [-0.4, -0.2) is 10.7 Å². The molecule has 0 spiro atoms. The van der Waals surface area contributed by atoms with Crippen LogP contribution in [0.3, 0.4) is 0 Å². The summed E-state index contributed by atoms with van der Waals surface area (Å²) in [4.78, 5) is 21.9. The topological polar surface area (TPSA) is 72.2 Å². The summed E-state index contributed by atoms with van der Waals surface area (Å²) in [6, 6.07) is 12.5. The van der Waals surface area contributed by atoms with Gasteiger partial charge in [0.1, 0.15) is 0 Å². The summed E-state index contributed by atoms with van der Waals surface area (Å²) in [6.45, 7) is 0. The smallest absolute Gasteiger partial charge is 0.269 e. The molecule has 0 bridgehead atoms. The lowest BCUT2D eigenvalue weighted by molar-refractivity contribution is -0.384. The number of carbonyl (C=O) groups is 1. The van der Waals surface area contributed by atoms with E-state index < -0.39 is 4.92 Å². The molecule has 6 heteroatoms. The van der Waals surface area contributed by atoms with Crippen molar-refractivity contribution in [2.45, 2.75) is 0 Å². The van der Waals surface area contributed by atoms with Gasteiger partial charge in [-0.15, -0.1) is 0 Å². The van der Waals surface area contributed by atoms with E-state index in [0.717, 1.165) is 0 Å². The molecule has 0 unspecified atom stereocenters. The van der Waals surface area contributed by atoms with Gasteiger partial charge in [-0.25, -0.2) is 0 Å². The number of anilines is 1. The van der Waals surface area contributed by atoms with E-state index in [1.807, 2.05) is 0 Å². The van der Waals surface area contributed by atoms with E-state index in [1.54, 1.807) is 36.4 Å². The molecule has 5 nitrogen and oxygen atoms in total. The molecule has 2 rings (SSSR count). The lowest BCUT2D eigenvalue weighted by Gasteiger charge is -2.00. The van der Waals surface area contributed by atoms with Gasteiger partial charge in [-0.05, 0) is 36.4 Å². The van der Waals surface area contributed by atoms with Crippen LogP contribution in [-0.2, 0) is 0 Å². The van der Waals surface area contributed by atoms with Crippen molar-refractivity contribution in [3.8, 4) is 0 Å². The van der Waals surface area contributed by atoms with Crippen molar-refractivity contribution in [3.63, 3.8) is 0 Å². The Kier molecular flexibility index (Phi) is 4.68. The zero-order chi connectivity index (χ0) is 15.2. The number of nitrogens with one attached hydrogen (secondary N) is 1. The van der Waals surface area contributed by atoms with Gasteiger partial charge in [-0.1, -0.05) is 11.6 Å². The van der Waals surface area contributed by atoms with E-state index in [-0.39, 0.29) is 11.5 Å². The van der Waals surface area contributed by atoms with Gasteiger partial charge in [0.2, 0.25) is 0 Å². The summed E-state index contributed by atoms with van der Waals surface area (Å²) >= 11 is 5.75. The Morgan fingerprint density at radius 3 is 2.29 bits per heavy atom. The summed E-state index contributed by atoms with van der Waals surface area (Å²) < 4.78 is 0. The quantitative estimate of drug-likeness (QED) is 0.391. The first-order valence-corrected chi connectivity index (χ1v) is 6.41. The maximum atomic E-state index is 11.8. The molecule has 0 atom stereocenters. The first-order chi connectivity index (χ1) is 10.1. The standard InChI is InChI=1S/C15H11ClN2O3/c16-12-3-1-11(2-4-12)15(19)9-10-17-13-5-7-14(8-6-13)18(20)21/h1-10,17H. The highest BCUT2D eigenvalue weighted by Crippen LogP contribution is 2.15. The van der Waals surface area contributed by atoms with Gasteiger partial charge >= 0.3 is 0 Å². The Balaban J connectivity index is 1.97. The Labute approximate surface area is 126 Å². The van der Waals surface area contributed by atoms with Crippen LogP contribution in [0.1, 0.15) is 10.4 Å². The SMILES string of the molecule is O=C(C=CNc1ccc([N+](=O)[O-])cc1)c1ccc(Cl)cc1. The summed E-state index contributed by atoms with van der Waals surface area (Å²) in [5.74, 6) is -0.166. The van der Waals surface area contributed by atoms with Crippen molar-refractivity contribution in [3.05, 3.63) is 81.5 Å². The number of rotatable bonds is 5. The number of ketones is 1. The fourth-order valence-electron chi connectivity index (χ4n) is 1.60. The van der Waals surface area contributed by atoms with Gasteiger partial charge in [0.25, 0.3) is 5.69 Å². The highest BCUT2D eigenvalue weighted by atomic mass is 35.5. The fourth-order valence-corrected chi connectivity index (χ4v) is 1.73. The molecule has 0 aliphatic heterocycles. The van der Waals surface area contributed by atoms with Gasteiger partial charge < -0.3 is 5.32 Å². The molecule has 0 aromatic heterocycles. The van der Waals surface area contributed by atoms with Crippen LogP contribution in [0.15, 0.2) is 60.8 Å². The number of halogens is 1. The van der Waals surface area contributed by atoms with Crippen LogP contribution in [0.4, 0.5) is 11.4 Å². The average molecular weight is 303 g/mol. The van der Waals surface area contributed by atoms with Crippen molar-refractivity contribution in [1.29, 1.82) is 0 Å². The fraction of sp³-hybridized carbons (Fsp3) is 0. The average Bonchev–Trinajstić information content (AvgIpc) is 2.48. The van der Waals surface area contributed by atoms with Crippen molar-refractivity contribution >= 4 is 28.8 Å². The maximum absolute atomic E-state index is 11.8. The molecule has 0 radical (unpaired) electrons. The monoisotopic (exact) mass is 302 g/mol. The molecule has 2 aromatic carbocycles. The largest absolute Gasteiger partial charge is 0.362 e. The number of nitrogens with zero attached hydrogens (tertiary/aromatic N) is 1. The minimum Gasteiger partial charge on any atom is -0.362 e. The van der Waals surface area contributed by atoms with Crippen LogP contribution in [0.5, 0.6) is 0 Å². The minimum absolute atomic E-state index is 0.0155. The highest BCUT2D eigenvalue weighted by molar-refractivity contribution is 6.30. The molecule has 0 heterocycles. The summed E-state index contributed by atoms with van der Waals surface area (Å²) in [5, 5.41) is 14.0. The Morgan fingerprint density at radius 1 is 1.10 bits per heavy atom. The Hall–Kier alpha value is -2.66. The van der Waals surface area contributed by atoms with Crippen molar-refractivity contribution < 1.29 is 9.72 Å². The van der Waals surface area contributed by atoms with Gasteiger partial charge in [0, 0.05) is 40.7 Å². The van der Waals surface area contributed by atoms with Gasteiger partial charge in [-0.3, -0.25) is 14.9 Å². The lowest BCUT2D eigenvalue weighted by Crippen LogP contribution is -1.96. The van der Waals surface area contributed by atoms with Crippen LogP contribution in [0.25, 0.3) is 0 Å². The van der Waals surface area contributed by atoms with Crippen molar-refractivity contribution in [1.82, 2.24) is 0 Å². The predicted octanol–water partition coefficient (Wildman–Crippen LogP) is 4.06. The second-order valence-corrected chi connectivity index (χ2v) is 4.59. The molecular formula is C15H11ClN2O3. The van der Waals surface area contributed by atoms with E-state index in [9.17, 15) is 14.9 Å². The molecule has 1 N–H and O–H groups in total. The third-order valence-electron chi connectivity index (χ3n) is 2.69. The Bertz CT molecular complexity index is 679. The molecule has 106 valence electrons. The molecule has 0 saturated heterocycles. The molecule has 0 saturated carbocycles. The summed E-state index contributed by atoms with van der Waals surface area (Å²) in [6.07, 6.45) is 2.86. The molecule has 0 amide bonds. The molecule has 0 fully saturated rings. The van der Waals surface area contributed by atoms with Crippen LogP contribution in [0.2, 0.25) is 5.02 Å². The Morgan fingerprint density at radius 2 is 1.71 bits per heavy atom. The number of non-ortho nitro benzene ring substituents is 1. The number of hydrogen-bond acceptors (Lipinski definition) is 4. The summed E-state index contributed by atoms with van der Waals surface area (Å²) in [5.41, 5.74) is 1.20. The van der Waals surface area contributed by atoms with E-state index in [1.165, 1.54) is 24.4 Å². The zero-order valence-electron chi connectivity index (χ0n) is 10.8. The van der Waals surface area contributed by atoms with E-state index >= 15 is 0 Å². The number of nitro groups is 1. The van der Waals surface area contributed by atoms with E-state index in [4.69, 9.17) is 11.6 Å². The lowest BCUT2D eigenvalue weighted by atomic mass is 10.1. The first kappa shape index (κ1) is 14.7. The van der Waals surface area contributed by atoms with Crippen LogP contribution in [0, 0.1) is 10.1 Å². The molecule has 2 aromatic rings. The normalized spacial score (nSPS) is 10.5. The first-order valence-electron chi connectivity index (χ1n) is 6.04. The molecule has 21 heavy (non-hydrogen) atoms. The maximum Gasteiger partial charge on any atom is 0.269 e. The van der Waals surface area contributed by atoms with Crippen LogP contribution < -0.4 is 5.32 Å². The number of allylic oxidation sites excluding steroid dienone is 1. The predicted molar refractivity (Wildman–Crippen MR) is 81.6 cm³/mol. The van der Waals surface area contributed by atoms with E-state index in [0.29, 0.717) is 16.3 Å². The third kappa shape index (κ3) is 4.15. The minimum atomic E-state index is -0.469. The van der Waals surface area contributed by atoms with Crippen molar-refractivity contribution in [2.75, 3.05) is 5.32 Å². The van der Waals surface area contributed by atoms with E-state index in [2.05, 4.69) is 5.32 Å².